The van der Waals surface area contributed by atoms with Crippen LogP contribution in [0.1, 0.15) is 122 Å². The molecule has 2 saturated heterocycles. The number of carbonyl (C=O) groups excluding carboxylic acids is 3. The van der Waals surface area contributed by atoms with Crippen LogP contribution in [0, 0.1) is 49.2 Å². The van der Waals surface area contributed by atoms with Crippen molar-refractivity contribution in [3.8, 4) is 11.5 Å². The molecule has 11 heteroatoms. The number of aromatic hydroxyl groups is 2. The number of hydrogen-bond donors (Lipinski definition) is 4. The summed E-state index contributed by atoms with van der Waals surface area (Å²) in [4.78, 5) is 50.7. The molecule has 2 aliphatic rings. The van der Waals surface area contributed by atoms with Crippen LogP contribution in [0.2, 0.25) is 0 Å². The maximum Gasteiger partial charge on any atom is 0.167 e. The number of nitrogens with one attached hydrogen (secondary N) is 2. The molecule has 0 aromatic heterocycles. The first-order chi connectivity index (χ1) is 31.2. The molecule has 2 fully saturated rings. The zero-order chi connectivity index (χ0) is 47.9. The fraction of sp³-hybridized carbons (Fsp3) is 0.509. The van der Waals surface area contributed by atoms with Crippen molar-refractivity contribution in [2.75, 3.05) is 52.4 Å². The zero-order valence-electron chi connectivity index (χ0n) is 40.3. The van der Waals surface area contributed by atoms with Crippen molar-refractivity contribution in [2.24, 2.45) is 23.7 Å². The number of ketones is 3. The van der Waals surface area contributed by atoms with Gasteiger partial charge in [0.2, 0.25) is 0 Å². The van der Waals surface area contributed by atoms with Crippen molar-refractivity contribution in [3.63, 3.8) is 0 Å². The number of phenols is 2. The standard InChI is InChI=1S/C55H72F2N4O5/c1-35-41(21-15-23-47(35)56)49-43(51(64)37-17-13-19-39(62)29-37)31-60(27-11-9-25-58-54(3,4)5)33-45(49)53(66)46-34-61(28-12-10-26-59-55(6,7)8)32-44(52(65)38-18-14-20-40(63)30-38)50(46)42-22-16-24-48(57)36(42)2/h13-24,29-30,43-46,49-50,58-59,62-63H,9-12,25-28,31-34H2,1-8H3/t43-,44?,45+,46?,49-,50?/m0/s1. The summed E-state index contributed by atoms with van der Waals surface area (Å²) in [5.41, 5.74) is 2.37. The van der Waals surface area contributed by atoms with Gasteiger partial charge in [-0.15, -0.1) is 0 Å². The molecule has 0 saturated carbocycles. The van der Waals surface area contributed by atoms with E-state index in [4.69, 9.17) is 0 Å². The number of rotatable bonds is 18. The quantitative estimate of drug-likeness (QED) is 0.0572. The molecule has 2 heterocycles. The van der Waals surface area contributed by atoms with Crippen molar-refractivity contribution in [1.29, 1.82) is 0 Å². The van der Waals surface area contributed by atoms with E-state index >= 15 is 23.2 Å². The Morgan fingerprint density at radius 1 is 0.561 bits per heavy atom. The summed E-state index contributed by atoms with van der Waals surface area (Å²) in [6.07, 6.45) is 3.33. The van der Waals surface area contributed by atoms with Crippen LogP contribution >= 0.6 is 0 Å². The van der Waals surface area contributed by atoms with Gasteiger partial charge in [-0.2, -0.15) is 0 Å². The lowest BCUT2D eigenvalue weighted by Gasteiger charge is -2.48. The number of carbonyl (C=O) groups is 3. The van der Waals surface area contributed by atoms with Gasteiger partial charge < -0.3 is 30.6 Å². The molecule has 4 aromatic rings. The fourth-order valence-corrected chi connectivity index (χ4v) is 10.4. The molecule has 9 nitrogen and oxygen atoms in total. The van der Waals surface area contributed by atoms with Crippen LogP contribution < -0.4 is 10.6 Å². The van der Waals surface area contributed by atoms with E-state index in [1.807, 2.05) is 12.1 Å². The van der Waals surface area contributed by atoms with Gasteiger partial charge in [0.05, 0.1) is 0 Å². The van der Waals surface area contributed by atoms with E-state index in [0.717, 1.165) is 38.8 Å². The summed E-state index contributed by atoms with van der Waals surface area (Å²) in [6, 6.07) is 22.2. The molecule has 3 unspecified atom stereocenters. The molecule has 0 amide bonds. The van der Waals surface area contributed by atoms with Crippen LogP contribution in [-0.2, 0) is 4.79 Å². The minimum atomic E-state index is -0.827. The van der Waals surface area contributed by atoms with E-state index in [1.54, 1.807) is 50.2 Å². The topological polar surface area (TPSA) is 122 Å². The highest BCUT2D eigenvalue weighted by atomic mass is 19.1. The Kier molecular flexibility index (Phi) is 16.8. The van der Waals surface area contributed by atoms with Crippen LogP contribution in [-0.4, -0.2) is 101 Å². The van der Waals surface area contributed by atoms with Gasteiger partial charge in [-0.3, -0.25) is 14.4 Å². The zero-order valence-corrected chi connectivity index (χ0v) is 40.3. The lowest BCUT2D eigenvalue weighted by molar-refractivity contribution is -0.133. The number of likely N-dealkylation sites (tertiary alicyclic amines) is 2. The van der Waals surface area contributed by atoms with Gasteiger partial charge in [-0.1, -0.05) is 48.5 Å². The molecule has 2 aliphatic heterocycles. The van der Waals surface area contributed by atoms with Crippen LogP contribution in [0.5, 0.6) is 11.5 Å². The highest BCUT2D eigenvalue weighted by Gasteiger charge is 2.51. The molecule has 4 aromatic carbocycles. The van der Waals surface area contributed by atoms with Crippen LogP contribution in [0.15, 0.2) is 84.9 Å². The monoisotopic (exact) mass is 907 g/mol. The molecule has 356 valence electrons. The SMILES string of the molecule is Cc1c(F)cccc1C1C(C(=O)c2cccc(O)c2)CN(CCCCNC(C)(C)C)CC1C(=O)[C@@H]1CN(CCCCNC(C)(C)C)C[C@H](C(=O)c2cccc(O)c2)[C@@H]1c1cccc(F)c1C. The molecule has 4 N–H and O–H groups in total. The van der Waals surface area contributed by atoms with Crippen molar-refractivity contribution < 1.29 is 33.4 Å². The first kappa shape index (κ1) is 50.6. The molecule has 6 atom stereocenters. The van der Waals surface area contributed by atoms with E-state index in [0.29, 0.717) is 72.6 Å². The number of hydrogen-bond acceptors (Lipinski definition) is 9. The summed E-state index contributed by atoms with van der Waals surface area (Å²) < 4.78 is 31.6. The van der Waals surface area contributed by atoms with Crippen molar-refractivity contribution in [2.45, 2.75) is 104 Å². The predicted octanol–water partition coefficient (Wildman–Crippen LogP) is 9.63. The van der Waals surface area contributed by atoms with Gasteiger partial charge in [-0.05, 0) is 166 Å². The number of piperidine rings is 2. The first-order valence-corrected chi connectivity index (χ1v) is 23.9. The second kappa shape index (κ2) is 21.9. The number of phenolic OH excluding ortho intramolecular Hbond substituents is 2. The smallest absolute Gasteiger partial charge is 0.167 e. The highest BCUT2D eigenvalue weighted by Crippen LogP contribution is 2.48. The Balaban J connectivity index is 1.49. The van der Waals surface area contributed by atoms with Crippen molar-refractivity contribution in [1.82, 2.24) is 20.4 Å². The predicted molar refractivity (Wildman–Crippen MR) is 258 cm³/mol. The van der Waals surface area contributed by atoms with Crippen molar-refractivity contribution >= 4 is 17.3 Å². The van der Waals surface area contributed by atoms with E-state index in [-0.39, 0.29) is 39.9 Å². The molecule has 0 radical (unpaired) electrons. The second-order valence-corrected chi connectivity index (χ2v) is 20.9. The summed E-state index contributed by atoms with van der Waals surface area (Å²) >= 11 is 0. The van der Waals surface area contributed by atoms with E-state index < -0.39 is 47.1 Å². The van der Waals surface area contributed by atoms with Gasteiger partial charge in [0, 0.05) is 83.9 Å². The Labute approximate surface area is 391 Å². The number of nitrogens with zero attached hydrogens (tertiary/aromatic N) is 2. The summed E-state index contributed by atoms with van der Waals surface area (Å²) in [7, 11) is 0. The van der Waals surface area contributed by atoms with E-state index in [9.17, 15) is 10.2 Å². The molecule has 0 aliphatic carbocycles. The number of unbranched alkanes of at least 4 members (excludes halogenated alkanes) is 2. The minimum absolute atomic E-state index is 0.0503. The van der Waals surface area contributed by atoms with Crippen LogP contribution in [0.25, 0.3) is 0 Å². The lowest BCUT2D eigenvalue weighted by Crippen LogP contribution is -2.56. The highest BCUT2D eigenvalue weighted by molar-refractivity contribution is 6.01. The van der Waals surface area contributed by atoms with Gasteiger partial charge in [-0.25, -0.2) is 8.78 Å². The van der Waals surface area contributed by atoms with Gasteiger partial charge >= 0.3 is 0 Å². The van der Waals surface area contributed by atoms with E-state index in [1.165, 1.54) is 36.4 Å². The Bertz CT molecular complexity index is 2160. The molecule has 0 spiro atoms. The summed E-state index contributed by atoms with van der Waals surface area (Å²) in [6.45, 7) is 20.1. The Morgan fingerprint density at radius 3 is 1.29 bits per heavy atom. The number of halogens is 2. The fourth-order valence-electron chi connectivity index (χ4n) is 10.4. The molecule has 6 rings (SSSR count). The van der Waals surface area contributed by atoms with Crippen LogP contribution in [0.3, 0.4) is 0 Å². The molecule has 0 bridgehead atoms. The second-order valence-electron chi connectivity index (χ2n) is 20.9. The third kappa shape index (κ3) is 12.8. The minimum Gasteiger partial charge on any atom is -0.508 e. The maximum absolute atomic E-state index is 16.3. The summed E-state index contributed by atoms with van der Waals surface area (Å²) in [5.74, 6) is -6.40. The number of Topliss-reactive ketones (excluding diaryl/α,β-unsaturated/α-hetero) is 3. The van der Waals surface area contributed by atoms with Gasteiger partial charge in [0.15, 0.2) is 11.6 Å². The van der Waals surface area contributed by atoms with Gasteiger partial charge in [0.1, 0.15) is 28.9 Å². The average molecular weight is 907 g/mol. The van der Waals surface area contributed by atoms with Crippen molar-refractivity contribution in [3.05, 3.63) is 130 Å². The van der Waals surface area contributed by atoms with E-state index in [2.05, 4.69) is 62.0 Å². The third-order valence-electron chi connectivity index (χ3n) is 13.7. The number of benzene rings is 4. The molecule has 66 heavy (non-hydrogen) atoms. The van der Waals surface area contributed by atoms with Crippen LogP contribution in [0.4, 0.5) is 8.78 Å². The largest absolute Gasteiger partial charge is 0.508 e. The maximum atomic E-state index is 16.3. The van der Waals surface area contributed by atoms with Gasteiger partial charge in [0.25, 0.3) is 0 Å². The summed E-state index contributed by atoms with van der Waals surface area (Å²) in [5, 5.41) is 28.2. The molecular weight excluding hydrogens is 835 g/mol. The first-order valence-electron chi connectivity index (χ1n) is 23.9. The Morgan fingerprint density at radius 2 is 0.924 bits per heavy atom. The lowest BCUT2D eigenvalue weighted by atomic mass is 9.62. The normalized spacial score (nSPS) is 22.0. The average Bonchev–Trinajstić information content (AvgIpc) is 3.26. The Hall–Kier alpha value is -4.81. The molecular formula is C55H72F2N4O5. The third-order valence-corrected chi connectivity index (χ3v) is 13.7.